The van der Waals surface area contributed by atoms with Crippen LogP contribution in [-0.2, 0) is 0 Å². The average molecular weight is 341 g/mol. The SMILES string of the molecule is CC1CCC(c2cnc3[nH]cc(-c4csc(C(=O)O)n4)c3c2)CC1. The molecule has 1 saturated carbocycles. The molecule has 0 radical (unpaired) electrons. The van der Waals surface area contributed by atoms with Crippen LogP contribution >= 0.6 is 11.3 Å². The molecule has 124 valence electrons. The first kappa shape index (κ1) is 15.3. The molecule has 3 heterocycles. The number of carboxylic acids is 1. The molecule has 6 heteroatoms. The van der Waals surface area contributed by atoms with Gasteiger partial charge in [-0.1, -0.05) is 19.8 Å². The summed E-state index contributed by atoms with van der Waals surface area (Å²) in [5.41, 5.74) is 3.72. The third kappa shape index (κ3) is 2.71. The van der Waals surface area contributed by atoms with Gasteiger partial charge in [0.25, 0.3) is 0 Å². The highest BCUT2D eigenvalue weighted by molar-refractivity contribution is 7.11. The number of rotatable bonds is 3. The molecule has 3 aromatic rings. The zero-order valence-electron chi connectivity index (χ0n) is 13.5. The van der Waals surface area contributed by atoms with Gasteiger partial charge in [-0.3, -0.25) is 0 Å². The van der Waals surface area contributed by atoms with E-state index in [0.717, 1.165) is 33.9 Å². The molecular formula is C18H19N3O2S. The molecule has 3 aromatic heterocycles. The molecule has 1 fully saturated rings. The highest BCUT2D eigenvalue weighted by Gasteiger charge is 2.21. The van der Waals surface area contributed by atoms with Gasteiger partial charge in [-0.15, -0.1) is 11.3 Å². The topological polar surface area (TPSA) is 78.9 Å². The van der Waals surface area contributed by atoms with E-state index in [1.807, 2.05) is 12.4 Å². The normalized spacial score (nSPS) is 21.2. The van der Waals surface area contributed by atoms with Crippen molar-refractivity contribution in [2.24, 2.45) is 5.92 Å². The van der Waals surface area contributed by atoms with Gasteiger partial charge in [0, 0.05) is 28.7 Å². The molecule has 4 rings (SSSR count). The summed E-state index contributed by atoms with van der Waals surface area (Å²) in [5, 5.41) is 12.0. The number of nitrogens with zero attached hydrogens (tertiary/aromatic N) is 2. The third-order valence-electron chi connectivity index (χ3n) is 5.00. The predicted molar refractivity (Wildman–Crippen MR) is 94.5 cm³/mol. The summed E-state index contributed by atoms with van der Waals surface area (Å²) in [6.45, 7) is 2.32. The Balaban J connectivity index is 1.71. The summed E-state index contributed by atoms with van der Waals surface area (Å²) in [6.07, 6.45) is 8.83. The number of carbonyl (C=O) groups is 1. The highest BCUT2D eigenvalue weighted by Crippen LogP contribution is 2.37. The van der Waals surface area contributed by atoms with Crippen LogP contribution in [0.15, 0.2) is 23.8 Å². The summed E-state index contributed by atoms with van der Waals surface area (Å²) in [6, 6.07) is 2.20. The van der Waals surface area contributed by atoms with E-state index in [0.29, 0.717) is 11.6 Å². The van der Waals surface area contributed by atoms with Gasteiger partial charge >= 0.3 is 5.97 Å². The second kappa shape index (κ2) is 6.02. The number of hydrogen-bond acceptors (Lipinski definition) is 4. The Bertz CT molecular complexity index is 891. The zero-order valence-corrected chi connectivity index (χ0v) is 14.3. The summed E-state index contributed by atoms with van der Waals surface area (Å²) in [7, 11) is 0. The lowest BCUT2D eigenvalue weighted by Crippen LogP contribution is -2.10. The molecule has 5 nitrogen and oxygen atoms in total. The van der Waals surface area contributed by atoms with Crippen molar-refractivity contribution in [3.8, 4) is 11.3 Å². The van der Waals surface area contributed by atoms with Gasteiger partial charge in [-0.2, -0.15) is 0 Å². The molecule has 0 spiro atoms. The Hall–Kier alpha value is -2.21. The van der Waals surface area contributed by atoms with Crippen molar-refractivity contribution < 1.29 is 9.90 Å². The number of aromatic nitrogens is 3. The quantitative estimate of drug-likeness (QED) is 0.725. The number of hydrogen-bond donors (Lipinski definition) is 2. The lowest BCUT2D eigenvalue weighted by atomic mass is 9.80. The van der Waals surface area contributed by atoms with E-state index in [-0.39, 0.29) is 5.01 Å². The van der Waals surface area contributed by atoms with Crippen LogP contribution in [0.1, 0.15) is 53.9 Å². The second-order valence-electron chi connectivity index (χ2n) is 6.67. The fourth-order valence-electron chi connectivity index (χ4n) is 3.54. The molecule has 0 unspecified atom stereocenters. The number of thiazole rings is 1. The predicted octanol–water partition coefficient (Wildman–Crippen LogP) is 4.68. The standard InChI is InChI=1S/C18H19N3O2S/c1-10-2-4-11(5-3-10)12-6-13-14(8-20-16(13)19-7-12)15-9-24-17(21-15)18(22)23/h6-11H,2-5H2,1H3,(H,19,20)(H,22,23). The summed E-state index contributed by atoms with van der Waals surface area (Å²) in [4.78, 5) is 23.0. The van der Waals surface area contributed by atoms with Crippen LogP contribution < -0.4 is 0 Å². The molecule has 1 aliphatic carbocycles. The fourth-order valence-corrected chi connectivity index (χ4v) is 4.20. The van der Waals surface area contributed by atoms with E-state index in [9.17, 15) is 4.79 Å². The van der Waals surface area contributed by atoms with Crippen LogP contribution in [0.3, 0.4) is 0 Å². The molecule has 0 atom stereocenters. The average Bonchev–Trinajstić information content (AvgIpc) is 3.21. The van der Waals surface area contributed by atoms with Crippen LogP contribution in [0.2, 0.25) is 0 Å². The number of aromatic amines is 1. The summed E-state index contributed by atoms with van der Waals surface area (Å²) < 4.78 is 0. The van der Waals surface area contributed by atoms with Crippen LogP contribution in [-0.4, -0.2) is 26.0 Å². The van der Waals surface area contributed by atoms with E-state index >= 15 is 0 Å². The van der Waals surface area contributed by atoms with Crippen molar-refractivity contribution in [2.45, 2.75) is 38.5 Å². The molecule has 0 amide bonds. The van der Waals surface area contributed by atoms with Crippen molar-refractivity contribution in [3.05, 3.63) is 34.4 Å². The summed E-state index contributed by atoms with van der Waals surface area (Å²) in [5.74, 6) is 0.414. The Labute approximate surface area is 143 Å². The molecule has 1 aliphatic rings. The van der Waals surface area contributed by atoms with Crippen LogP contribution in [0.25, 0.3) is 22.3 Å². The van der Waals surface area contributed by atoms with Crippen molar-refractivity contribution >= 4 is 28.3 Å². The molecule has 0 bridgehead atoms. The molecule has 2 N–H and O–H groups in total. The number of nitrogens with one attached hydrogen (secondary N) is 1. The number of aromatic carboxylic acids is 1. The summed E-state index contributed by atoms with van der Waals surface area (Å²) >= 11 is 1.15. The monoisotopic (exact) mass is 341 g/mol. The largest absolute Gasteiger partial charge is 0.476 e. The Morgan fingerprint density at radius 3 is 2.83 bits per heavy atom. The number of carboxylic acid groups (broad SMARTS) is 1. The molecule has 0 aliphatic heterocycles. The maximum absolute atomic E-state index is 11.1. The van der Waals surface area contributed by atoms with Crippen molar-refractivity contribution in [1.29, 1.82) is 0 Å². The Kier molecular flexibility index (Phi) is 3.84. The van der Waals surface area contributed by atoms with Crippen LogP contribution in [0, 0.1) is 5.92 Å². The first-order chi connectivity index (χ1) is 11.6. The van der Waals surface area contributed by atoms with Crippen molar-refractivity contribution in [1.82, 2.24) is 15.0 Å². The van der Waals surface area contributed by atoms with Crippen molar-refractivity contribution in [2.75, 3.05) is 0 Å². The van der Waals surface area contributed by atoms with Crippen LogP contribution in [0.4, 0.5) is 0 Å². The minimum atomic E-state index is -0.985. The van der Waals surface area contributed by atoms with E-state index in [2.05, 4.69) is 27.9 Å². The Morgan fingerprint density at radius 2 is 2.12 bits per heavy atom. The van der Waals surface area contributed by atoms with Gasteiger partial charge in [0.15, 0.2) is 0 Å². The first-order valence-electron chi connectivity index (χ1n) is 8.28. The second-order valence-corrected chi connectivity index (χ2v) is 7.53. The van der Waals surface area contributed by atoms with Gasteiger partial charge in [-0.25, -0.2) is 14.8 Å². The molecular weight excluding hydrogens is 322 g/mol. The maximum atomic E-state index is 11.1. The van der Waals surface area contributed by atoms with Gasteiger partial charge in [0.05, 0.1) is 5.69 Å². The minimum absolute atomic E-state index is 0.115. The van der Waals surface area contributed by atoms with Gasteiger partial charge in [0.2, 0.25) is 5.01 Å². The van der Waals surface area contributed by atoms with Gasteiger partial charge in [-0.05, 0) is 36.3 Å². The lowest BCUT2D eigenvalue weighted by Gasteiger charge is -2.26. The van der Waals surface area contributed by atoms with E-state index in [1.165, 1.54) is 31.2 Å². The first-order valence-corrected chi connectivity index (χ1v) is 9.16. The highest BCUT2D eigenvalue weighted by atomic mass is 32.1. The zero-order chi connectivity index (χ0) is 16.7. The lowest BCUT2D eigenvalue weighted by molar-refractivity contribution is 0.0696. The number of H-pyrrole nitrogens is 1. The number of pyridine rings is 1. The fraction of sp³-hybridized carbons (Fsp3) is 0.389. The third-order valence-corrected chi connectivity index (χ3v) is 5.83. The van der Waals surface area contributed by atoms with E-state index < -0.39 is 5.97 Å². The van der Waals surface area contributed by atoms with Crippen molar-refractivity contribution in [3.63, 3.8) is 0 Å². The van der Waals surface area contributed by atoms with Gasteiger partial charge < -0.3 is 10.1 Å². The molecule has 24 heavy (non-hydrogen) atoms. The molecule has 0 aromatic carbocycles. The smallest absolute Gasteiger partial charge is 0.365 e. The van der Waals surface area contributed by atoms with E-state index in [1.54, 1.807) is 5.38 Å². The Morgan fingerprint density at radius 1 is 1.33 bits per heavy atom. The van der Waals surface area contributed by atoms with Crippen LogP contribution in [0.5, 0.6) is 0 Å². The minimum Gasteiger partial charge on any atom is -0.476 e. The van der Waals surface area contributed by atoms with E-state index in [4.69, 9.17) is 5.11 Å². The van der Waals surface area contributed by atoms with Gasteiger partial charge in [0.1, 0.15) is 5.65 Å². The number of fused-ring (bicyclic) bond motifs is 1. The maximum Gasteiger partial charge on any atom is 0.365 e. The molecule has 0 saturated heterocycles.